The SMILES string of the molecule is Cc1ccc(C#N)cc1NC1CCOC(C(C)C)C1. The van der Waals surface area contributed by atoms with E-state index in [0.29, 0.717) is 23.6 Å². The van der Waals surface area contributed by atoms with Gasteiger partial charge in [0.1, 0.15) is 0 Å². The fraction of sp³-hybridized carbons (Fsp3) is 0.562. The minimum Gasteiger partial charge on any atom is -0.382 e. The smallest absolute Gasteiger partial charge is 0.0992 e. The molecule has 3 nitrogen and oxygen atoms in total. The summed E-state index contributed by atoms with van der Waals surface area (Å²) in [5.74, 6) is 0.552. The Bertz CT molecular complexity index is 476. The number of nitrogens with zero attached hydrogens (tertiary/aromatic N) is 1. The van der Waals surface area contributed by atoms with Crippen LogP contribution in [-0.2, 0) is 4.74 Å². The number of nitriles is 1. The molecule has 1 fully saturated rings. The van der Waals surface area contributed by atoms with Crippen LogP contribution in [0.15, 0.2) is 18.2 Å². The lowest BCUT2D eigenvalue weighted by molar-refractivity contribution is -0.0160. The first kappa shape index (κ1) is 13.9. The van der Waals surface area contributed by atoms with E-state index in [1.807, 2.05) is 18.2 Å². The highest BCUT2D eigenvalue weighted by atomic mass is 16.5. The maximum absolute atomic E-state index is 8.98. The summed E-state index contributed by atoms with van der Waals surface area (Å²) in [6.45, 7) is 7.30. The van der Waals surface area contributed by atoms with Gasteiger partial charge in [-0.25, -0.2) is 0 Å². The molecule has 1 aliphatic heterocycles. The summed E-state index contributed by atoms with van der Waals surface area (Å²) in [4.78, 5) is 0. The van der Waals surface area contributed by atoms with Crippen LogP contribution >= 0.6 is 0 Å². The van der Waals surface area contributed by atoms with Gasteiger partial charge in [-0.1, -0.05) is 19.9 Å². The second-order valence-electron chi connectivity index (χ2n) is 5.66. The van der Waals surface area contributed by atoms with Gasteiger partial charge in [0.2, 0.25) is 0 Å². The summed E-state index contributed by atoms with van der Waals surface area (Å²) in [6.07, 6.45) is 2.40. The van der Waals surface area contributed by atoms with Crippen LogP contribution < -0.4 is 5.32 Å². The zero-order valence-electron chi connectivity index (χ0n) is 11.9. The Morgan fingerprint density at radius 3 is 2.89 bits per heavy atom. The van der Waals surface area contributed by atoms with E-state index in [-0.39, 0.29) is 0 Å². The lowest BCUT2D eigenvalue weighted by Crippen LogP contribution is -2.36. The third-order valence-electron chi connectivity index (χ3n) is 3.78. The topological polar surface area (TPSA) is 45.0 Å². The maximum atomic E-state index is 8.98. The molecular weight excluding hydrogens is 236 g/mol. The average molecular weight is 258 g/mol. The van der Waals surface area contributed by atoms with Crippen molar-refractivity contribution in [2.45, 2.75) is 45.8 Å². The van der Waals surface area contributed by atoms with Gasteiger partial charge < -0.3 is 10.1 Å². The molecule has 19 heavy (non-hydrogen) atoms. The van der Waals surface area contributed by atoms with E-state index in [1.54, 1.807) is 0 Å². The summed E-state index contributed by atoms with van der Waals surface area (Å²) in [5, 5.41) is 12.6. The minimum atomic E-state index is 0.339. The largest absolute Gasteiger partial charge is 0.382 e. The van der Waals surface area contributed by atoms with Gasteiger partial charge in [-0.15, -0.1) is 0 Å². The van der Waals surface area contributed by atoms with Crippen LogP contribution in [0.3, 0.4) is 0 Å². The van der Waals surface area contributed by atoms with Crippen molar-refractivity contribution >= 4 is 5.69 Å². The molecule has 102 valence electrons. The first-order valence-corrected chi connectivity index (χ1v) is 6.99. The number of hydrogen-bond acceptors (Lipinski definition) is 3. The molecule has 3 heteroatoms. The van der Waals surface area contributed by atoms with Crippen molar-refractivity contribution < 1.29 is 4.74 Å². The van der Waals surface area contributed by atoms with Crippen molar-refractivity contribution in [1.82, 2.24) is 0 Å². The molecule has 1 aromatic rings. The molecule has 1 aromatic carbocycles. The zero-order valence-corrected chi connectivity index (χ0v) is 11.9. The van der Waals surface area contributed by atoms with E-state index < -0.39 is 0 Å². The molecule has 2 rings (SSSR count). The van der Waals surface area contributed by atoms with E-state index in [0.717, 1.165) is 25.1 Å². The fourth-order valence-corrected chi connectivity index (χ4v) is 2.49. The van der Waals surface area contributed by atoms with Crippen LogP contribution in [0.25, 0.3) is 0 Å². The Kier molecular flexibility index (Phi) is 4.44. The average Bonchev–Trinajstić information content (AvgIpc) is 2.41. The van der Waals surface area contributed by atoms with Gasteiger partial charge in [-0.05, 0) is 43.4 Å². The monoisotopic (exact) mass is 258 g/mol. The van der Waals surface area contributed by atoms with E-state index in [9.17, 15) is 0 Å². The van der Waals surface area contributed by atoms with Crippen molar-refractivity contribution in [3.8, 4) is 6.07 Å². The molecule has 1 heterocycles. The van der Waals surface area contributed by atoms with Crippen LogP contribution in [0.5, 0.6) is 0 Å². The molecule has 1 saturated heterocycles. The Labute approximate surface area is 115 Å². The number of nitrogens with one attached hydrogen (secondary N) is 1. The Morgan fingerprint density at radius 2 is 2.21 bits per heavy atom. The minimum absolute atomic E-state index is 0.339. The summed E-state index contributed by atoms with van der Waals surface area (Å²) < 4.78 is 5.79. The van der Waals surface area contributed by atoms with Crippen molar-refractivity contribution in [2.75, 3.05) is 11.9 Å². The quantitative estimate of drug-likeness (QED) is 0.902. The van der Waals surface area contributed by atoms with Crippen molar-refractivity contribution in [3.63, 3.8) is 0 Å². The van der Waals surface area contributed by atoms with E-state index >= 15 is 0 Å². The Balaban J connectivity index is 2.06. The van der Waals surface area contributed by atoms with Gasteiger partial charge in [0.15, 0.2) is 0 Å². The van der Waals surface area contributed by atoms with Crippen LogP contribution in [0.1, 0.15) is 37.8 Å². The number of benzene rings is 1. The normalized spacial score (nSPS) is 23.1. The molecule has 0 aromatic heterocycles. The molecule has 1 aliphatic rings. The highest BCUT2D eigenvalue weighted by Crippen LogP contribution is 2.25. The molecule has 0 saturated carbocycles. The van der Waals surface area contributed by atoms with Gasteiger partial charge in [0, 0.05) is 18.3 Å². The lowest BCUT2D eigenvalue weighted by atomic mass is 9.95. The molecule has 0 amide bonds. The number of ether oxygens (including phenoxy) is 1. The lowest BCUT2D eigenvalue weighted by Gasteiger charge is -2.33. The second-order valence-corrected chi connectivity index (χ2v) is 5.66. The second kappa shape index (κ2) is 6.08. The summed E-state index contributed by atoms with van der Waals surface area (Å²) in [5.41, 5.74) is 2.97. The predicted octanol–water partition coefficient (Wildman–Crippen LogP) is 3.48. The van der Waals surface area contributed by atoms with E-state index in [1.165, 1.54) is 5.56 Å². The molecule has 2 unspecified atom stereocenters. The van der Waals surface area contributed by atoms with Crippen LogP contribution in [-0.4, -0.2) is 18.8 Å². The molecule has 0 spiro atoms. The van der Waals surface area contributed by atoms with Crippen molar-refractivity contribution in [3.05, 3.63) is 29.3 Å². The van der Waals surface area contributed by atoms with Crippen LogP contribution in [0.4, 0.5) is 5.69 Å². The molecule has 1 N–H and O–H groups in total. The molecular formula is C16H22N2O. The van der Waals surface area contributed by atoms with Gasteiger partial charge in [0.25, 0.3) is 0 Å². The number of anilines is 1. The highest BCUT2D eigenvalue weighted by Gasteiger charge is 2.25. The van der Waals surface area contributed by atoms with E-state index in [2.05, 4.69) is 32.2 Å². The number of rotatable bonds is 3. The Morgan fingerprint density at radius 1 is 1.42 bits per heavy atom. The van der Waals surface area contributed by atoms with Gasteiger partial charge in [-0.2, -0.15) is 5.26 Å². The third kappa shape index (κ3) is 3.48. The summed E-state index contributed by atoms with van der Waals surface area (Å²) in [6, 6.07) is 8.44. The fourth-order valence-electron chi connectivity index (χ4n) is 2.49. The zero-order chi connectivity index (χ0) is 13.8. The number of aryl methyl sites for hydroxylation is 1. The standard InChI is InChI=1S/C16H22N2O/c1-11(2)16-9-14(6-7-19-16)18-15-8-13(10-17)5-4-12(15)3/h4-5,8,11,14,16,18H,6-7,9H2,1-3H3. The Hall–Kier alpha value is -1.53. The van der Waals surface area contributed by atoms with Crippen molar-refractivity contribution in [2.24, 2.45) is 5.92 Å². The first-order chi connectivity index (χ1) is 9.10. The van der Waals surface area contributed by atoms with Gasteiger partial charge in [-0.3, -0.25) is 0 Å². The van der Waals surface area contributed by atoms with Crippen LogP contribution in [0, 0.1) is 24.2 Å². The van der Waals surface area contributed by atoms with Gasteiger partial charge >= 0.3 is 0 Å². The predicted molar refractivity (Wildman–Crippen MR) is 77.1 cm³/mol. The first-order valence-electron chi connectivity index (χ1n) is 6.99. The maximum Gasteiger partial charge on any atom is 0.0992 e. The van der Waals surface area contributed by atoms with E-state index in [4.69, 9.17) is 10.00 Å². The van der Waals surface area contributed by atoms with Gasteiger partial charge in [0.05, 0.1) is 17.7 Å². The molecule has 2 atom stereocenters. The molecule has 0 bridgehead atoms. The molecule has 0 radical (unpaired) electrons. The van der Waals surface area contributed by atoms with Crippen molar-refractivity contribution in [1.29, 1.82) is 5.26 Å². The third-order valence-corrected chi connectivity index (χ3v) is 3.78. The molecule has 0 aliphatic carbocycles. The summed E-state index contributed by atoms with van der Waals surface area (Å²) >= 11 is 0. The summed E-state index contributed by atoms with van der Waals surface area (Å²) in [7, 11) is 0. The number of hydrogen-bond donors (Lipinski definition) is 1. The highest BCUT2D eigenvalue weighted by molar-refractivity contribution is 5.55. The van der Waals surface area contributed by atoms with Crippen LogP contribution in [0.2, 0.25) is 0 Å².